The van der Waals surface area contributed by atoms with E-state index in [9.17, 15) is 4.79 Å². The van der Waals surface area contributed by atoms with E-state index in [1.165, 1.54) is 0 Å². The first-order chi connectivity index (χ1) is 9.17. The molecule has 1 aromatic carbocycles. The lowest BCUT2D eigenvalue weighted by Crippen LogP contribution is -2.58. The van der Waals surface area contributed by atoms with Gasteiger partial charge in [0.25, 0.3) is 0 Å². The molecule has 0 spiro atoms. The summed E-state index contributed by atoms with van der Waals surface area (Å²) in [5, 5.41) is 0. The zero-order valence-corrected chi connectivity index (χ0v) is 11.5. The highest BCUT2D eigenvalue weighted by atomic mass is 16.5. The van der Waals surface area contributed by atoms with Crippen LogP contribution in [0, 0.1) is 0 Å². The number of anilines is 1. The van der Waals surface area contributed by atoms with Crippen molar-refractivity contribution in [2.24, 2.45) is 5.73 Å². The van der Waals surface area contributed by atoms with Crippen molar-refractivity contribution in [2.75, 3.05) is 38.2 Å². The summed E-state index contributed by atoms with van der Waals surface area (Å²) in [5.41, 5.74) is 6.76. The average molecular weight is 263 g/mol. The second-order valence-corrected chi connectivity index (χ2v) is 4.63. The fourth-order valence-electron chi connectivity index (χ4n) is 2.35. The lowest BCUT2D eigenvalue weighted by atomic mass is 10.1. The molecular weight excluding hydrogens is 242 g/mol. The van der Waals surface area contributed by atoms with E-state index in [0.29, 0.717) is 13.2 Å². The van der Waals surface area contributed by atoms with Crippen LogP contribution in [-0.4, -0.2) is 50.1 Å². The summed E-state index contributed by atoms with van der Waals surface area (Å²) in [4.78, 5) is 15.9. The standard InChI is InChI=1S/C14H21N3O2/c1-3-19-12-6-4-11(5-7-12)17-9-8-16(2)14(18)13(17)10-15/h4-7,13H,3,8-10,15H2,1-2H3. The molecule has 19 heavy (non-hydrogen) atoms. The summed E-state index contributed by atoms with van der Waals surface area (Å²) in [6.45, 7) is 4.46. The van der Waals surface area contributed by atoms with Crippen LogP contribution in [0.5, 0.6) is 5.75 Å². The quantitative estimate of drug-likeness (QED) is 0.868. The first-order valence-corrected chi connectivity index (χ1v) is 6.62. The minimum atomic E-state index is -0.267. The maximum Gasteiger partial charge on any atom is 0.246 e. The fourth-order valence-corrected chi connectivity index (χ4v) is 2.35. The number of carbonyl (C=O) groups is 1. The number of likely N-dealkylation sites (N-methyl/N-ethyl adjacent to an activating group) is 1. The summed E-state index contributed by atoms with van der Waals surface area (Å²) in [7, 11) is 1.82. The van der Waals surface area contributed by atoms with Gasteiger partial charge in [-0.25, -0.2) is 0 Å². The number of carbonyl (C=O) groups excluding carboxylic acids is 1. The number of benzene rings is 1. The van der Waals surface area contributed by atoms with Crippen molar-refractivity contribution in [1.82, 2.24) is 4.90 Å². The molecule has 1 atom stereocenters. The largest absolute Gasteiger partial charge is 0.494 e. The van der Waals surface area contributed by atoms with Gasteiger partial charge in [0.1, 0.15) is 11.8 Å². The topological polar surface area (TPSA) is 58.8 Å². The second kappa shape index (κ2) is 5.93. The number of ether oxygens (including phenoxy) is 1. The Hall–Kier alpha value is -1.75. The number of nitrogens with zero attached hydrogens (tertiary/aromatic N) is 2. The van der Waals surface area contributed by atoms with E-state index in [0.717, 1.165) is 24.5 Å². The molecule has 1 unspecified atom stereocenters. The Kier molecular flexibility index (Phi) is 4.27. The number of hydrogen-bond acceptors (Lipinski definition) is 4. The molecule has 0 bridgehead atoms. The van der Waals surface area contributed by atoms with Crippen molar-refractivity contribution in [3.05, 3.63) is 24.3 Å². The molecule has 1 aliphatic heterocycles. The summed E-state index contributed by atoms with van der Waals surface area (Å²) in [5.74, 6) is 0.929. The van der Waals surface area contributed by atoms with Gasteiger partial charge in [-0.15, -0.1) is 0 Å². The second-order valence-electron chi connectivity index (χ2n) is 4.63. The Morgan fingerprint density at radius 2 is 2.00 bits per heavy atom. The van der Waals surface area contributed by atoms with Gasteiger partial charge in [0, 0.05) is 32.4 Å². The monoisotopic (exact) mass is 263 g/mol. The van der Waals surface area contributed by atoms with Gasteiger partial charge in [-0.2, -0.15) is 0 Å². The zero-order valence-electron chi connectivity index (χ0n) is 11.5. The first kappa shape index (κ1) is 13.7. The Morgan fingerprint density at radius 3 is 2.58 bits per heavy atom. The maximum atomic E-state index is 12.1. The third kappa shape index (κ3) is 2.81. The predicted octanol–water partition coefficient (Wildman–Crippen LogP) is 0.691. The molecule has 2 N–H and O–H groups in total. The molecule has 1 aromatic rings. The van der Waals surface area contributed by atoms with E-state index >= 15 is 0 Å². The minimum Gasteiger partial charge on any atom is -0.494 e. The van der Waals surface area contributed by atoms with Gasteiger partial charge in [-0.05, 0) is 31.2 Å². The van der Waals surface area contributed by atoms with Gasteiger partial charge < -0.3 is 20.3 Å². The lowest BCUT2D eigenvalue weighted by Gasteiger charge is -2.40. The smallest absolute Gasteiger partial charge is 0.246 e. The van der Waals surface area contributed by atoms with Crippen LogP contribution in [-0.2, 0) is 4.79 Å². The average Bonchev–Trinajstić information content (AvgIpc) is 2.43. The van der Waals surface area contributed by atoms with Gasteiger partial charge >= 0.3 is 0 Å². The summed E-state index contributed by atoms with van der Waals surface area (Å²) in [6, 6.07) is 7.54. The van der Waals surface area contributed by atoms with Crippen LogP contribution in [0.15, 0.2) is 24.3 Å². The van der Waals surface area contributed by atoms with Crippen LogP contribution in [0.1, 0.15) is 6.92 Å². The third-order valence-corrected chi connectivity index (χ3v) is 3.42. The van der Waals surface area contributed by atoms with Crippen LogP contribution in [0.3, 0.4) is 0 Å². The van der Waals surface area contributed by atoms with E-state index in [4.69, 9.17) is 10.5 Å². The van der Waals surface area contributed by atoms with Crippen LogP contribution < -0.4 is 15.4 Å². The van der Waals surface area contributed by atoms with E-state index in [1.54, 1.807) is 4.90 Å². The van der Waals surface area contributed by atoms with Crippen LogP contribution >= 0.6 is 0 Å². The molecule has 5 nitrogen and oxygen atoms in total. The van der Waals surface area contributed by atoms with E-state index in [1.807, 2.05) is 38.2 Å². The summed E-state index contributed by atoms with van der Waals surface area (Å²) in [6.07, 6.45) is 0. The SMILES string of the molecule is CCOc1ccc(N2CCN(C)C(=O)C2CN)cc1. The fraction of sp³-hybridized carbons (Fsp3) is 0.500. The molecule has 0 aliphatic carbocycles. The highest BCUT2D eigenvalue weighted by Crippen LogP contribution is 2.23. The highest BCUT2D eigenvalue weighted by molar-refractivity contribution is 5.86. The van der Waals surface area contributed by atoms with Crippen molar-refractivity contribution >= 4 is 11.6 Å². The predicted molar refractivity (Wildman–Crippen MR) is 75.4 cm³/mol. The highest BCUT2D eigenvalue weighted by Gasteiger charge is 2.31. The molecule has 2 rings (SSSR count). The summed E-state index contributed by atoms with van der Waals surface area (Å²) >= 11 is 0. The minimum absolute atomic E-state index is 0.0858. The Bertz CT molecular complexity index is 433. The molecule has 1 heterocycles. The molecule has 1 saturated heterocycles. The van der Waals surface area contributed by atoms with Crippen LogP contribution in [0.2, 0.25) is 0 Å². The number of hydrogen-bond donors (Lipinski definition) is 1. The number of amides is 1. The number of nitrogens with two attached hydrogens (primary N) is 1. The zero-order chi connectivity index (χ0) is 13.8. The number of piperazine rings is 1. The molecule has 1 amide bonds. The van der Waals surface area contributed by atoms with Gasteiger partial charge in [-0.3, -0.25) is 4.79 Å². The van der Waals surface area contributed by atoms with Crippen molar-refractivity contribution in [1.29, 1.82) is 0 Å². The maximum absolute atomic E-state index is 12.1. The third-order valence-electron chi connectivity index (χ3n) is 3.42. The molecule has 0 saturated carbocycles. The van der Waals surface area contributed by atoms with Crippen LogP contribution in [0.4, 0.5) is 5.69 Å². The van der Waals surface area contributed by atoms with E-state index in [-0.39, 0.29) is 11.9 Å². The first-order valence-electron chi connectivity index (χ1n) is 6.62. The van der Waals surface area contributed by atoms with Gasteiger partial charge in [-0.1, -0.05) is 0 Å². The van der Waals surface area contributed by atoms with Gasteiger partial charge in [0.05, 0.1) is 6.61 Å². The van der Waals surface area contributed by atoms with Crippen molar-refractivity contribution in [3.8, 4) is 5.75 Å². The lowest BCUT2D eigenvalue weighted by molar-refractivity contribution is -0.132. The molecule has 0 aromatic heterocycles. The molecule has 1 fully saturated rings. The normalized spacial score (nSPS) is 19.7. The Morgan fingerprint density at radius 1 is 1.32 bits per heavy atom. The van der Waals surface area contributed by atoms with E-state index in [2.05, 4.69) is 4.90 Å². The molecule has 1 aliphatic rings. The van der Waals surface area contributed by atoms with E-state index < -0.39 is 0 Å². The van der Waals surface area contributed by atoms with Crippen LogP contribution in [0.25, 0.3) is 0 Å². The Labute approximate surface area is 113 Å². The molecule has 104 valence electrons. The van der Waals surface area contributed by atoms with Crippen molar-refractivity contribution in [2.45, 2.75) is 13.0 Å². The summed E-state index contributed by atoms with van der Waals surface area (Å²) < 4.78 is 5.42. The van der Waals surface area contributed by atoms with Crippen molar-refractivity contribution in [3.63, 3.8) is 0 Å². The van der Waals surface area contributed by atoms with Crippen molar-refractivity contribution < 1.29 is 9.53 Å². The van der Waals surface area contributed by atoms with Gasteiger partial charge in [0.2, 0.25) is 5.91 Å². The van der Waals surface area contributed by atoms with Gasteiger partial charge in [0.15, 0.2) is 0 Å². The molecule has 5 heteroatoms. The number of rotatable bonds is 4. The molecular formula is C14H21N3O2. The Balaban J connectivity index is 2.17. The molecule has 0 radical (unpaired) electrons.